The van der Waals surface area contributed by atoms with E-state index < -0.39 is 0 Å². The summed E-state index contributed by atoms with van der Waals surface area (Å²) in [5.74, 6) is -0.188. The number of anilines is 2. The van der Waals surface area contributed by atoms with Crippen LogP contribution >= 0.6 is 12.2 Å². The molecule has 3 rings (SSSR count). The number of nitrogens with one attached hydrogen (secondary N) is 3. The number of amides is 2. The monoisotopic (exact) mass is 405 g/mol. The lowest BCUT2D eigenvalue weighted by molar-refractivity contribution is -0.119. The van der Waals surface area contributed by atoms with Crippen molar-refractivity contribution in [3.63, 3.8) is 0 Å². The van der Waals surface area contributed by atoms with Crippen molar-refractivity contribution >= 4 is 51.3 Å². The minimum absolute atomic E-state index is 0.00979. The number of hydrogen-bond donors (Lipinski definition) is 3. The second-order valence-corrected chi connectivity index (χ2v) is 7.10. The van der Waals surface area contributed by atoms with Crippen LogP contribution in [0.2, 0.25) is 0 Å². The average Bonchev–Trinajstić information content (AvgIpc) is 2.70. The van der Waals surface area contributed by atoms with Gasteiger partial charge in [-0.15, -0.1) is 0 Å². The van der Waals surface area contributed by atoms with Gasteiger partial charge < -0.3 is 16.0 Å². The molecule has 3 N–H and O–H groups in total. The summed E-state index contributed by atoms with van der Waals surface area (Å²) in [5, 5.41) is 10.9. The van der Waals surface area contributed by atoms with Crippen molar-refractivity contribution in [2.24, 2.45) is 0 Å². The first-order chi connectivity index (χ1) is 14.0. The highest BCUT2D eigenvalue weighted by Gasteiger charge is 2.09. The van der Waals surface area contributed by atoms with E-state index >= 15 is 0 Å². The number of thiocarbonyl (C=S) groups is 1. The summed E-state index contributed by atoms with van der Waals surface area (Å²) in [7, 11) is 0. The molecule has 0 aliphatic heterocycles. The minimum atomic E-state index is -0.178. The van der Waals surface area contributed by atoms with Crippen LogP contribution in [-0.2, 0) is 16.0 Å². The highest BCUT2D eigenvalue weighted by Crippen LogP contribution is 2.19. The van der Waals surface area contributed by atoms with Crippen molar-refractivity contribution < 1.29 is 9.59 Å². The SMILES string of the molecule is CCCC(=O)Nc1ccc(NC(=S)NC(=O)Cc2cccc3ccccc23)cc1. The van der Waals surface area contributed by atoms with Crippen LogP contribution in [0.25, 0.3) is 10.8 Å². The molecular formula is C23H23N3O2S. The molecule has 0 radical (unpaired) electrons. The normalized spacial score (nSPS) is 10.4. The fraction of sp³-hybridized carbons (Fsp3) is 0.174. The average molecular weight is 406 g/mol. The molecule has 0 saturated heterocycles. The molecule has 0 aromatic heterocycles. The summed E-state index contributed by atoms with van der Waals surface area (Å²) in [6.07, 6.45) is 1.54. The quantitative estimate of drug-likeness (QED) is 0.523. The molecule has 29 heavy (non-hydrogen) atoms. The zero-order valence-electron chi connectivity index (χ0n) is 16.2. The number of rotatable bonds is 6. The Balaban J connectivity index is 1.55. The van der Waals surface area contributed by atoms with E-state index in [2.05, 4.69) is 16.0 Å². The second-order valence-electron chi connectivity index (χ2n) is 6.69. The van der Waals surface area contributed by atoms with Gasteiger partial charge in [0.15, 0.2) is 5.11 Å². The van der Waals surface area contributed by atoms with E-state index in [1.54, 1.807) is 24.3 Å². The van der Waals surface area contributed by atoms with Gasteiger partial charge in [-0.05, 0) is 59.2 Å². The highest BCUT2D eigenvalue weighted by molar-refractivity contribution is 7.80. The summed E-state index contributed by atoms with van der Waals surface area (Å²) in [6.45, 7) is 1.96. The van der Waals surface area contributed by atoms with E-state index in [9.17, 15) is 9.59 Å². The van der Waals surface area contributed by atoms with Crippen LogP contribution < -0.4 is 16.0 Å². The summed E-state index contributed by atoms with van der Waals surface area (Å²) in [6, 6.07) is 21.1. The Morgan fingerprint density at radius 3 is 2.21 bits per heavy atom. The Kier molecular flexibility index (Phi) is 6.92. The Morgan fingerprint density at radius 1 is 0.828 bits per heavy atom. The predicted molar refractivity (Wildman–Crippen MR) is 122 cm³/mol. The molecule has 0 atom stereocenters. The lowest BCUT2D eigenvalue weighted by Crippen LogP contribution is -2.35. The number of benzene rings is 3. The van der Waals surface area contributed by atoms with Crippen LogP contribution in [-0.4, -0.2) is 16.9 Å². The fourth-order valence-electron chi connectivity index (χ4n) is 3.04. The molecule has 0 heterocycles. The fourth-order valence-corrected chi connectivity index (χ4v) is 3.27. The molecule has 3 aromatic carbocycles. The largest absolute Gasteiger partial charge is 0.332 e. The summed E-state index contributed by atoms with van der Waals surface area (Å²) < 4.78 is 0. The van der Waals surface area contributed by atoms with Gasteiger partial charge in [-0.3, -0.25) is 9.59 Å². The maximum Gasteiger partial charge on any atom is 0.230 e. The topological polar surface area (TPSA) is 70.2 Å². The van der Waals surface area contributed by atoms with E-state index in [-0.39, 0.29) is 23.3 Å². The molecule has 0 unspecified atom stereocenters. The molecule has 0 bridgehead atoms. The van der Waals surface area contributed by atoms with Crippen molar-refractivity contribution in [3.05, 3.63) is 72.3 Å². The number of carbonyl (C=O) groups excluding carboxylic acids is 2. The molecular weight excluding hydrogens is 382 g/mol. The molecule has 5 nitrogen and oxygen atoms in total. The first kappa shape index (κ1) is 20.5. The molecule has 3 aromatic rings. The van der Waals surface area contributed by atoms with E-state index in [0.717, 1.165) is 34.1 Å². The van der Waals surface area contributed by atoms with E-state index in [0.29, 0.717) is 6.42 Å². The summed E-state index contributed by atoms with van der Waals surface area (Å²) in [5.41, 5.74) is 2.41. The maximum absolute atomic E-state index is 12.4. The molecule has 0 spiro atoms. The van der Waals surface area contributed by atoms with Gasteiger partial charge in [0.1, 0.15) is 0 Å². The summed E-state index contributed by atoms with van der Waals surface area (Å²) in [4.78, 5) is 24.0. The van der Waals surface area contributed by atoms with Crippen LogP contribution in [0.4, 0.5) is 11.4 Å². The van der Waals surface area contributed by atoms with Crippen molar-refractivity contribution in [1.82, 2.24) is 5.32 Å². The van der Waals surface area contributed by atoms with Crippen LogP contribution in [0.15, 0.2) is 66.7 Å². The van der Waals surface area contributed by atoms with Crippen LogP contribution in [0.5, 0.6) is 0 Å². The van der Waals surface area contributed by atoms with Gasteiger partial charge in [-0.25, -0.2) is 0 Å². The van der Waals surface area contributed by atoms with Crippen molar-refractivity contribution in [1.29, 1.82) is 0 Å². The van der Waals surface area contributed by atoms with Crippen LogP contribution in [0, 0.1) is 0 Å². The minimum Gasteiger partial charge on any atom is -0.332 e. The molecule has 0 aliphatic carbocycles. The Hall–Kier alpha value is -3.25. The van der Waals surface area contributed by atoms with Gasteiger partial charge >= 0.3 is 0 Å². The highest BCUT2D eigenvalue weighted by atomic mass is 32.1. The van der Waals surface area contributed by atoms with Crippen molar-refractivity contribution in [3.8, 4) is 0 Å². The van der Waals surface area contributed by atoms with E-state index in [4.69, 9.17) is 12.2 Å². The zero-order chi connectivity index (χ0) is 20.6. The van der Waals surface area contributed by atoms with E-state index in [1.165, 1.54) is 0 Å². The molecule has 2 amide bonds. The first-order valence-corrected chi connectivity index (χ1v) is 9.93. The lowest BCUT2D eigenvalue weighted by atomic mass is 10.0. The predicted octanol–water partition coefficient (Wildman–Crippen LogP) is 4.63. The molecule has 6 heteroatoms. The molecule has 0 aliphatic rings. The van der Waals surface area contributed by atoms with Gasteiger partial charge in [-0.1, -0.05) is 49.4 Å². The smallest absolute Gasteiger partial charge is 0.230 e. The first-order valence-electron chi connectivity index (χ1n) is 9.52. The van der Waals surface area contributed by atoms with Crippen molar-refractivity contribution in [2.45, 2.75) is 26.2 Å². The summed E-state index contributed by atoms with van der Waals surface area (Å²) >= 11 is 5.25. The Morgan fingerprint density at radius 2 is 1.48 bits per heavy atom. The van der Waals surface area contributed by atoms with Crippen LogP contribution in [0.3, 0.4) is 0 Å². The van der Waals surface area contributed by atoms with Gasteiger partial charge in [0.05, 0.1) is 6.42 Å². The lowest BCUT2D eigenvalue weighted by Gasteiger charge is -2.11. The number of carbonyl (C=O) groups is 2. The van der Waals surface area contributed by atoms with Gasteiger partial charge in [0.2, 0.25) is 11.8 Å². The standard InChI is InChI=1S/C23H23N3O2S/c1-2-6-21(27)24-18-11-13-19(14-12-18)25-23(29)26-22(28)15-17-9-5-8-16-7-3-4-10-20(16)17/h3-5,7-14H,2,6,15H2,1H3,(H,24,27)(H2,25,26,28,29). The third-order valence-corrected chi connectivity index (χ3v) is 4.59. The maximum atomic E-state index is 12.4. The van der Waals surface area contributed by atoms with Crippen LogP contribution in [0.1, 0.15) is 25.3 Å². The molecule has 0 saturated carbocycles. The molecule has 0 fully saturated rings. The van der Waals surface area contributed by atoms with Gasteiger partial charge in [-0.2, -0.15) is 0 Å². The second kappa shape index (κ2) is 9.80. The Labute approximate surface area is 175 Å². The Bertz CT molecular complexity index is 1030. The number of fused-ring (bicyclic) bond motifs is 1. The van der Waals surface area contributed by atoms with E-state index in [1.807, 2.05) is 49.4 Å². The third kappa shape index (κ3) is 5.86. The molecule has 148 valence electrons. The third-order valence-electron chi connectivity index (χ3n) is 4.39. The zero-order valence-corrected chi connectivity index (χ0v) is 17.0. The number of hydrogen-bond acceptors (Lipinski definition) is 3. The van der Waals surface area contributed by atoms with Crippen molar-refractivity contribution in [2.75, 3.05) is 10.6 Å². The van der Waals surface area contributed by atoms with Gasteiger partial charge in [0, 0.05) is 17.8 Å². The van der Waals surface area contributed by atoms with Gasteiger partial charge in [0.25, 0.3) is 0 Å².